The minimum Gasteiger partial charge on any atom is -0.456 e. The van der Waals surface area contributed by atoms with Crippen LogP contribution in [0.5, 0.6) is 0 Å². The summed E-state index contributed by atoms with van der Waals surface area (Å²) in [4.78, 5) is 2.23. The smallest absolute Gasteiger partial charge is 0.214 e. The van der Waals surface area contributed by atoms with E-state index < -0.39 is 0 Å². The number of rotatable bonds is 4. The quantitative estimate of drug-likeness (QED) is 0.201. The molecule has 0 amide bonds. The van der Waals surface area contributed by atoms with E-state index in [0.717, 1.165) is 5.56 Å². The number of hydrogen-bond donors (Lipinski definition) is 2. The van der Waals surface area contributed by atoms with Gasteiger partial charge in [-0.2, -0.15) is 0 Å². The average molecular weight is 432 g/mol. The summed E-state index contributed by atoms with van der Waals surface area (Å²) < 4.78 is 5.55. The fraction of sp³-hybridized carbons (Fsp3) is 0.321. The van der Waals surface area contributed by atoms with Gasteiger partial charge < -0.3 is 15.0 Å². The third kappa shape index (κ3) is 4.96. The highest BCUT2D eigenvalue weighted by molar-refractivity contribution is 5.94. The summed E-state index contributed by atoms with van der Waals surface area (Å²) in [5.74, 6) is 0.166. The first-order chi connectivity index (χ1) is 15.5. The van der Waals surface area contributed by atoms with Gasteiger partial charge in [-0.1, -0.05) is 90.1 Å². The molecule has 0 aliphatic carbocycles. The van der Waals surface area contributed by atoms with Crippen molar-refractivity contribution >= 4 is 22.4 Å². The van der Waals surface area contributed by atoms with E-state index in [2.05, 4.69) is 67.5 Å². The number of nitrogens with zero attached hydrogens (tertiary/aromatic N) is 1. The average Bonchev–Trinajstić information content (AvgIpc) is 3.05. The first-order valence-corrected chi connectivity index (χ1v) is 11.5. The summed E-state index contributed by atoms with van der Waals surface area (Å²) in [5, 5.41) is 13.8. The van der Waals surface area contributed by atoms with Gasteiger partial charge in [0.15, 0.2) is 6.73 Å². The lowest BCUT2D eigenvalue weighted by Gasteiger charge is -2.24. The van der Waals surface area contributed by atoms with Crippen LogP contribution >= 0.6 is 0 Å². The molecule has 0 saturated carbocycles. The maximum Gasteiger partial charge on any atom is 0.214 e. The van der Waals surface area contributed by atoms with E-state index in [1.165, 1.54) is 27.7 Å². The van der Waals surface area contributed by atoms with E-state index in [0.29, 0.717) is 0 Å². The Hall–Kier alpha value is -3.27. The van der Waals surface area contributed by atoms with E-state index in [1.807, 2.05) is 64.2 Å². The fourth-order valence-corrected chi connectivity index (χ4v) is 4.08. The number of hydrogen-bond acceptors (Lipinski definition) is 4. The fourth-order valence-electron chi connectivity index (χ4n) is 4.08. The molecular formula is C28H37N3O. The molecule has 0 atom stereocenters. The highest BCUT2D eigenvalue weighted by atomic mass is 16.5. The SMILES string of the molecule is CC.CC.CN1/C(=C\NCOC(=N)c2ccccc2)C(C)(C)c2c1ccc1ccccc21. The number of ether oxygens (including phenoxy) is 1. The number of fused-ring (bicyclic) bond motifs is 3. The number of allylic oxidation sites excluding steroid dienone is 1. The second-order valence-corrected chi connectivity index (χ2v) is 7.58. The van der Waals surface area contributed by atoms with Crippen LogP contribution in [0.15, 0.2) is 78.6 Å². The topological polar surface area (TPSA) is 48.4 Å². The zero-order valence-corrected chi connectivity index (χ0v) is 20.5. The number of nitrogens with one attached hydrogen (secondary N) is 2. The molecular weight excluding hydrogens is 394 g/mol. The Kier molecular flexibility index (Phi) is 8.89. The Morgan fingerprint density at radius 3 is 2.25 bits per heavy atom. The van der Waals surface area contributed by atoms with Crippen molar-refractivity contribution in [3.8, 4) is 0 Å². The highest BCUT2D eigenvalue weighted by Crippen LogP contribution is 2.49. The molecule has 4 nitrogen and oxygen atoms in total. The third-order valence-corrected chi connectivity index (χ3v) is 5.47. The molecule has 1 aliphatic rings. The standard InChI is InChI=1S/C24H25N3O.2C2H6/c1-24(2)21(15-26-16-28-23(25)18-10-5-4-6-11-18)27(3)20-14-13-17-9-7-8-12-19(17)22(20)24;2*1-2/h4-15,25-26H,16H2,1-3H3;2*1-2H3/b21-15-,25-23?;;. The molecule has 0 radical (unpaired) electrons. The van der Waals surface area contributed by atoms with Crippen LogP contribution in [0.4, 0.5) is 5.69 Å². The van der Waals surface area contributed by atoms with Gasteiger partial charge in [0.1, 0.15) is 0 Å². The second-order valence-electron chi connectivity index (χ2n) is 7.58. The largest absolute Gasteiger partial charge is 0.456 e. The zero-order chi connectivity index (χ0) is 23.7. The Bertz CT molecular complexity index is 1050. The van der Waals surface area contributed by atoms with Gasteiger partial charge in [-0.25, -0.2) is 0 Å². The minimum absolute atomic E-state index is 0.134. The number of benzene rings is 3. The molecule has 0 bridgehead atoms. The molecule has 0 spiro atoms. The molecule has 1 aliphatic heterocycles. The summed E-state index contributed by atoms with van der Waals surface area (Å²) in [5.41, 5.74) is 4.39. The van der Waals surface area contributed by atoms with Crippen LogP contribution in [0, 0.1) is 5.41 Å². The molecule has 32 heavy (non-hydrogen) atoms. The first kappa shape index (κ1) is 25.0. The van der Waals surface area contributed by atoms with Gasteiger partial charge in [-0.05, 0) is 34.5 Å². The summed E-state index contributed by atoms with van der Waals surface area (Å²) >= 11 is 0. The molecule has 1 heterocycles. The lowest BCUT2D eigenvalue weighted by Crippen LogP contribution is -2.26. The summed E-state index contributed by atoms with van der Waals surface area (Å²) in [7, 11) is 2.10. The predicted molar refractivity (Wildman–Crippen MR) is 139 cm³/mol. The predicted octanol–water partition coefficient (Wildman–Crippen LogP) is 7.05. The lowest BCUT2D eigenvalue weighted by atomic mass is 9.81. The van der Waals surface area contributed by atoms with Gasteiger partial charge in [0.05, 0.1) is 0 Å². The minimum atomic E-state index is -0.134. The molecule has 0 fully saturated rings. The Labute approximate surface area is 193 Å². The van der Waals surface area contributed by atoms with Crippen LogP contribution in [-0.2, 0) is 10.2 Å². The third-order valence-electron chi connectivity index (χ3n) is 5.47. The Morgan fingerprint density at radius 2 is 1.56 bits per heavy atom. The van der Waals surface area contributed by atoms with Crippen LogP contribution in [0.2, 0.25) is 0 Å². The van der Waals surface area contributed by atoms with Crippen molar-refractivity contribution in [3.05, 3.63) is 89.8 Å². The molecule has 170 valence electrons. The first-order valence-electron chi connectivity index (χ1n) is 11.5. The monoisotopic (exact) mass is 431 g/mol. The van der Waals surface area contributed by atoms with Gasteiger partial charge >= 0.3 is 0 Å². The van der Waals surface area contributed by atoms with Crippen LogP contribution in [-0.4, -0.2) is 19.7 Å². The molecule has 4 rings (SSSR count). The second kappa shape index (κ2) is 11.4. The molecule has 0 unspecified atom stereocenters. The van der Waals surface area contributed by atoms with Gasteiger partial charge in [0.25, 0.3) is 0 Å². The maximum atomic E-state index is 8.04. The molecule has 0 saturated heterocycles. The summed E-state index contributed by atoms with van der Waals surface area (Å²) in [6.07, 6.45) is 2.01. The molecule has 2 N–H and O–H groups in total. The van der Waals surface area contributed by atoms with E-state index >= 15 is 0 Å². The number of likely N-dealkylation sites (N-methyl/N-ethyl adjacent to an activating group) is 1. The van der Waals surface area contributed by atoms with Crippen LogP contribution in [0.3, 0.4) is 0 Å². The Balaban J connectivity index is 0.000000860. The van der Waals surface area contributed by atoms with E-state index in [4.69, 9.17) is 10.1 Å². The van der Waals surface area contributed by atoms with Crippen molar-refractivity contribution in [3.63, 3.8) is 0 Å². The van der Waals surface area contributed by atoms with Gasteiger partial charge in [-0.15, -0.1) is 0 Å². The molecule has 3 aromatic rings. The summed E-state index contributed by atoms with van der Waals surface area (Å²) in [6, 6.07) is 22.4. The molecule has 0 aromatic heterocycles. The molecule has 4 heteroatoms. The van der Waals surface area contributed by atoms with E-state index in [-0.39, 0.29) is 18.0 Å². The summed E-state index contributed by atoms with van der Waals surface area (Å²) in [6.45, 7) is 12.8. The van der Waals surface area contributed by atoms with Crippen LogP contribution in [0.25, 0.3) is 10.8 Å². The van der Waals surface area contributed by atoms with Crippen molar-refractivity contribution in [2.75, 3.05) is 18.7 Å². The van der Waals surface area contributed by atoms with Gasteiger partial charge in [0, 0.05) is 35.6 Å². The van der Waals surface area contributed by atoms with Crippen molar-refractivity contribution in [2.45, 2.75) is 47.0 Å². The van der Waals surface area contributed by atoms with Crippen molar-refractivity contribution in [1.29, 1.82) is 5.41 Å². The molecule has 3 aromatic carbocycles. The number of anilines is 1. The van der Waals surface area contributed by atoms with E-state index in [9.17, 15) is 0 Å². The lowest BCUT2D eigenvalue weighted by molar-refractivity contribution is 0.287. The Morgan fingerprint density at radius 1 is 0.938 bits per heavy atom. The zero-order valence-electron chi connectivity index (χ0n) is 20.5. The van der Waals surface area contributed by atoms with Gasteiger partial charge in [0.2, 0.25) is 5.90 Å². The van der Waals surface area contributed by atoms with Crippen molar-refractivity contribution in [2.24, 2.45) is 0 Å². The van der Waals surface area contributed by atoms with Crippen LogP contribution in [0.1, 0.15) is 52.7 Å². The van der Waals surface area contributed by atoms with Gasteiger partial charge in [-0.3, -0.25) is 5.41 Å². The van der Waals surface area contributed by atoms with Crippen molar-refractivity contribution in [1.82, 2.24) is 5.32 Å². The van der Waals surface area contributed by atoms with Crippen LogP contribution < -0.4 is 10.2 Å². The highest BCUT2D eigenvalue weighted by Gasteiger charge is 2.39. The normalized spacial score (nSPS) is 14.6. The van der Waals surface area contributed by atoms with E-state index in [1.54, 1.807) is 0 Å². The maximum absolute atomic E-state index is 8.04. The van der Waals surface area contributed by atoms with Crippen molar-refractivity contribution < 1.29 is 4.74 Å².